The molecule has 0 aromatic heterocycles. The van der Waals surface area contributed by atoms with Crippen molar-refractivity contribution in [2.45, 2.75) is 29.6 Å². The number of benzene rings is 2. The Labute approximate surface area is 230 Å². The van der Waals surface area contributed by atoms with Gasteiger partial charge in [0.15, 0.2) is 29.2 Å². The Morgan fingerprint density at radius 2 is 1.83 bits per heavy atom. The first-order valence-corrected chi connectivity index (χ1v) is 12.5. The maximum Gasteiger partial charge on any atom is 0.331 e. The van der Waals surface area contributed by atoms with Crippen molar-refractivity contribution in [1.82, 2.24) is 20.4 Å². The van der Waals surface area contributed by atoms with Gasteiger partial charge >= 0.3 is 6.03 Å². The predicted molar refractivity (Wildman–Crippen MR) is 139 cm³/mol. The number of carbonyl (C=O) groups is 3. The fraction of sp³-hybridized carbons (Fsp3) is 0.320. The van der Waals surface area contributed by atoms with Gasteiger partial charge in [0.1, 0.15) is 18.6 Å². The normalized spacial score (nSPS) is 28.2. The molecule has 4 heterocycles. The summed E-state index contributed by atoms with van der Waals surface area (Å²) in [7, 11) is 0. The van der Waals surface area contributed by atoms with Crippen LogP contribution in [-0.4, -0.2) is 99.0 Å². The highest BCUT2D eigenvalue weighted by molar-refractivity contribution is 6.12. The number of guanidine groups is 2. The summed E-state index contributed by atoms with van der Waals surface area (Å²) in [6.45, 7) is -0.871. The van der Waals surface area contributed by atoms with E-state index in [-0.39, 0.29) is 31.6 Å². The molecule has 2 aromatic rings. The lowest BCUT2D eigenvalue weighted by molar-refractivity contribution is -0.230. The number of anilines is 1. The second-order valence-electron chi connectivity index (χ2n) is 10.1. The Balaban J connectivity index is 1.29. The van der Waals surface area contributed by atoms with Crippen LogP contribution in [0.4, 0.5) is 19.3 Å². The number of nitrogens with zero attached hydrogens (tertiary/aromatic N) is 5. The van der Waals surface area contributed by atoms with Crippen molar-refractivity contribution in [3.8, 4) is 0 Å². The zero-order valence-corrected chi connectivity index (χ0v) is 21.2. The molecule has 0 aliphatic carbocycles. The minimum atomic E-state index is -2.87. The fourth-order valence-electron chi connectivity index (χ4n) is 5.87. The van der Waals surface area contributed by atoms with E-state index in [9.17, 15) is 33.4 Å². The number of hydrogen-bond donors (Lipinski definition) is 6. The quantitative estimate of drug-likeness (QED) is 0.178. The number of amides is 4. The van der Waals surface area contributed by atoms with Crippen molar-refractivity contribution in [3.05, 3.63) is 65.7 Å². The highest BCUT2D eigenvalue weighted by atomic mass is 19.2. The summed E-state index contributed by atoms with van der Waals surface area (Å²) in [6.07, 6.45) is 0. The third-order valence-electron chi connectivity index (χ3n) is 7.80. The average molecular weight is 570 g/mol. The van der Waals surface area contributed by atoms with Crippen LogP contribution in [0.5, 0.6) is 0 Å². The number of para-hydroxylation sites is 1. The maximum atomic E-state index is 14.3. The van der Waals surface area contributed by atoms with Gasteiger partial charge in [0.25, 0.3) is 11.8 Å². The van der Waals surface area contributed by atoms with Crippen LogP contribution in [0.1, 0.15) is 10.4 Å². The molecular formula is C25H25F2N9O5. The lowest BCUT2D eigenvalue weighted by Gasteiger charge is -2.49. The van der Waals surface area contributed by atoms with E-state index < -0.39 is 64.6 Å². The Bertz CT molecular complexity index is 1520. The smallest absolute Gasteiger partial charge is 0.331 e. The summed E-state index contributed by atoms with van der Waals surface area (Å²) in [5, 5.41) is 28.1. The Kier molecular flexibility index (Phi) is 5.86. The molecule has 0 radical (unpaired) electrons. The zero-order valence-electron chi connectivity index (χ0n) is 21.2. The van der Waals surface area contributed by atoms with Crippen LogP contribution < -0.4 is 27.0 Å². The zero-order chi connectivity index (χ0) is 29.3. The summed E-state index contributed by atoms with van der Waals surface area (Å²) in [5.74, 6) is -7.58. The third-order valence-corrected chi connectivity index (χ3v) is 7.80. The molecule has 41 heavy (non-hydrogen) atoms. The van der Waals surface area contributed by atoms with Gasteiger partial charge in [0.2, 0.25) is 5.79 Å². The Morgan fingerprint density at radius 1 is 1.10 bits per heavy atom. The number of urea groups is 1. The standard InChI is InChI=1S/C25H25F2N9O5/c26-14-8-4-7-13(18(14)27)20(38)31-16-10-36-22(29)30-15(19-24(36,25(16,40)41)33-21(28)32-19)9-35-17(37)11-34(23(35)39)12-5-2-1-3-6-12/h1-8,15-16,19,40-41H,9-11H2,(H2,29,30)(H,31,38)(H3,28,32,33)/t15-,16-,19?,24+/m0/s1. The lowest BCUT2D eigenvalue weighted by Crippen LogP contribution is -2.78. The number of rotatable bonds is 5. The van der Waals surface area contributed by atoms with E-state index >= 15 is 0 Å². The van der Waals surface area contributed by atoms with Crippen LogP contribution >= 0.6 is 0 Å². The molecule has 4 amide bonds. The molecule has 2 saturated heterocycles. The molecule has 16 heteroatoms. The molecule has 4 aliphatic heterocycles. The number of nitrogens with one attached hydrogen (secondary N) is 2. The highest BCUT2D eigenvalue weighted by Gasteiger charge is 2.73. The van der Waals surface area contributed by atoms with E-state index in [1.807, 2.05) is 0 Å². The number of aliphatic imine (C=N–C) groups is 2. The molecule has 214 valence electrons. The number of nitrogens with two attached hydrogens (primary N) is 2. The summed E-state index contributed by atoms with van der Waals surface area (Å²) in [6, 6.07) is 7.17. The third kappa shape index (κ3) is 3.78. The maximum absolute atomic E-state index is 14.3. The summed E-state index contributed by atoms with van der Waals surface area (Å²) < 4.78 is 28.0. The van der Waals surface area contributed by atoms with Crippen LogP contribution in [0.15, 0.2) is 58.5 Å². The van der Waals surface area contributed by atoms with Crippen molar-refractivity contribution in [2.24, 2.45) is 21.5 Å². The molecule has 2 aromatic carbocycles. The summed E-state index contributed by atoms with van der Waals surface area (Å²) >= 11 is 0. The van der Waals surface area contributed by atoms with Gasteiger partial charge in [-0.2, -0.15) is 0 Å². The van der Waals surface area contributed by atoms with Crippen molar-refractivity contribution >= 4 is 35.5 Å². The molecule has 2 fully saturated rings. The molecule has 1 unspecified atom stereocenters. The fourth-order valence-corrected chi connectivity index (χ4v) is 5.87. The SMILES string of the molecule is NC1=NC2[C@H](CN3C(=O)CN(c4ccccc4)C3=O)N=C(N)N3C[C@H](NC(=O)c4cccc(F)c4F)C(O)(O)[C@@]23N1. The number of halogens is 2. The van der Waals surface area contributed by atoms with Gasteiger partial charge < -0.3 is 37.2 Å². The predicted octanol–water partition coefficient (Wildman–Crippen LogP) is -1.79. The highest BCUT2D eigenvalue weighted by Crippen LogP contribution is 2.45. The van der Waals surface area contributed by atoms with Gasteiger partial charge in [0, 0.05) is 12.2 Å². The number of hydrogen-bond acceptors (Lipinski definition) is 11. The van der Waals surface area contributed by atoms with Gasteiger partial charge in [-0.1, -0.05) is 24.3 Å². The summed E-state index contributed by atoms with van der Waals surface area (Å²) in [4.78, 5) is 51.1. The number of carbonyl (C=O) groups excluding carboxylic acids is 3. The summed E-state index contributed by atoms with van der Waals surface area (Å²) in [5.41, 5.74) is 10.1. The minimum absolute atomic E-state index is 0.212. The average Bonchev–Trinajstić information content (AvgIpc) is 3.51. The molecule has 0 saturated carbocycles. The van der Waals surface area contributed by atoms with E-state index in [0.29, 0.717) is 5.69 Å². The van der Waals surface area contributed by atoms with Gasteiger partial charge in [-0.15, -0.1) is 0 Å². The molecule has 1 spiro atoms. The minimum Gasteiger partial charge on any atom is -0.370 e. The van der Waals surface area contributed by atoms with Crippen molar-refractivity contribution in [2.75, 3.05) is 24.5 Å². The topological polar surface area (TPSA) is 202 Å². The van der Waals surface area contributed by atoms with Gasteiger partial charge in [0.05, 0.1) is 18.2 Å². The van der Waals surface area contributed by atoms with Crippen molar-refractivity contribution < 1.29 is 33.4 Å². The molecule has 4 aliphatic rings. The number of aliphatic hydroxyl groups is 2. The first kappa shape index (κ1) is 26.4. The van der Waals surface area contributed by atoms with Crippen molar-refractivity contribution in [1.29, 1.82) is 0 Å². The van der Waals surface area contributed by atoms with Crippen LogP contribution in [0.2, 0.25) is 0 Å². The second-order valence-corrected chi connectivity index (χ2v) is 10.1. The van der Waals surface area contributed by atoms with E-state index in [1.54, 1.807) is 30.3 Å². The monoisotopic (exact) mass is 569 g/mol. The molecule has 8 N–H and O–H groups in total. The first-order chi connectivity index (χ1) is 19.5. The second kappa shape index (κ2) is 9.10. The van der Waals surface area contributed by atoms with E-state index in [0.717, 1.165) is 23.1 Å². The molecule has 0 bridgehead atoms. The van der Waals surface area contributed by atoms with Gasteiger partial charge in [-0.05, 0) is 24.3 Å². The Hall–Kier alpha value is -4.83. The van der Waals surface area contributed by atoms with Crippen LogP contribution in [0.3, 0.4) is 0 Å². The van der Waals surface area contributed by atoms with Crippen molar-refractivity contribution in [3.63, 3.8) is 0 Å². The van der Waals surface area contributed by atoms with Gasteiger partial charge in [-0.3, -0.25) is 19.4 Å². The largest absolute Gasteiger partial charge is 0.370 e. The molecular weight excluding hydrogens is 544 g/mol. The molecule has 4 atom stereocenters. The molecule has 14 nitrogen and oxygen atoms in total. The number of imide groups is 1. The van der Waals surface area contributed by atoms with E-state index in [4.69, 9.17) is 11.5 Å². The Morgan fingerprint density at radius 3 is 2.56 bits per heavy atom. The van der Waals surface area contributed by atoms with Gasteiger partial charge in [-0.25, -0.2) is 23.6 Å². The lowest BCUT2D eigenvalue weighted by atomic mass is 9.84. The van der Waals surface area contributed by atoms with Crippen LogP contribution in [-0.2, 0) is 4.79 Å². The molecule has 6 rings (SSSR count). The first-order valence-electron chi connectivity index (χ1n) is 12.5. The van der Waals surface area contributed by atoms with E-state index in [2.05, 4.69) is 20.6 Å². The van der Waals surface area contributed by atoms with Crippen LogP contribution in [0.25, 0.3) is 0 Å². The van der Waals surface area contributed by atoms with Crippen LogP contribution in [0, 0.1) is 11.6 Å². The van der Waals surface area contributed by atoms with E-state index in [1.165, 1.54) is 9.80 Å².